The van der Waals surface area contributed by atoms with Crippen LogP contribution in [-0.4, -0.2) is 44.8 Å². The molecule has 1 saturated heterocycles. The van der Waals surface area contributed by atoms with Gasteiger partial charge in [-0.15, -0.1) is 0 Å². The summed E-state index contributed by atoms with van der Waals surface area (Å²) in [6, 6.07) is 5.36. The summed E-state index contributed by atoms with van der Waals surface area (Å²) < 4.78 is 6.72. The van der Waals surface area contributed by atoms with Gasteiger partial charge in [-0.05, 0) is 18.2 Å². The fourth-order valence-electron chi connectivity index (χ4n) is 3.03. The fraction of sp³-hybridized carbons (Fsp3) is 0.438. The SMILES string of the molecule is O=C(CCc1ccco1)N1CCC(C(=O)O)(n2cccn2)CC1. The predicted molar refractivity (Wildman–Crippen MR) is 80.7 cm³/mol. The van der Waals surface area contributed by atoms with Crippen LogP contribution in [0.1, 0.15) is 25.0 Å². The first-order valence-corrected chi connectivity index (χ1v) is 7.65. The summed E-state index contributed by atoms with van der Waals surface area (Å²) in [6.07, 6.45) is 6.48. The summed E-state index contributed by atoms with van der Waals surface area (Å²) in [5.41, 5.74) is -1.05. The third-order valence-corrected chi connectivity index (χ3v) is 4.45. The number of hydrogen-bond donors (Lipinski definition) is 1. The fourth-order valence-corrected chi connectivity index (χ4v) is 3.03. The molecule has 0 aliphatic carbocycles. The number of nitrogens with zero attached hydrogens (tertiary/aromatic N) is 3. The Labute approximate surface area is 133 Å². The molecule has 1 aliphatic rings. The van der Waals surface area contributed by atoms with Crippen LogP contribution in [-0.2, 0) is 21.5 Å². The van der Waals surface area contributed by atoms with E-state index in [1.54, 1.807) is 35.7 Å². The van der Waals surface area contributed by atoms with Crippen molar-refractivity contribution in [1.29, 1.82) is 0 Å². The van der Waals surface area contributed by atoms with Crippen LogP contribution in [0.2, 0.25) is 0 Å². The zero-order valence-corrected chi connectivity index (χ0v) is 12.7. The van der Waals surface area contributed by atoms with E-state index in [-0.39, 0.29) is 5.91 Å². The molecule has 3 heterocycles. The molecule has 0 aromatic carbocycles. The molecule has 2 aromatic heterocycles. The van der Waals surface area contributed by atoms with Crippen LogP contribution in [0.4, 0.5) is 0 Å². The zero-order valence-electron chi connectivity index (χ0n) is 12.7. The average Bonchev–Trinajstić information content (AvgIpc) is 3.26. The van der Waals surface area contributed by atoms with E-state index in [2.05, 4.69) is 5.10 Å². The minimum Gasteiger partial charge on any atom is -0.479 e. The van der Waals surface area contributed by atoms with E-state index in [4.69, 9.17) is 4.42 Å². The van der Waals surface area contributed by atoms with E-state index < -0.39 is 11.5 Å². The molecule has 3 rings (SSSR count). The molecule has 0 unspecified atom stereocenters. The van der Waals surface area contributed by atoms with E-state index in [1.807, 2.05) is 6.07 Å². The van der Waals surface area contributed by atoms with E-state index in [1.165, 1.54) is 4.68 Å². The number of aromatic nitrogens is 2. The average molecular weight is 317 g/mol. The standard InChI is InChI=1S/C16H19N3O4/c20-14(5-4-13-3-1-12-23-13)18-10-6-16(7-11-18,15(21)22)19-9-2-8-17-19/h1-3,8-9,12H,4-7,10-11H2,(H,21,22). The summed E-state index contributed by atoms with van der Waals surface area (Å²) in [7, 11) is 0. The normalized spacial score (nSPS) is 17.1. The predicted octanol–water partition coefficient (Wildman–Crippen LogP) is 1.51. The van der Waals surface area contributed by atoms with Crippen molar-refractivity contribution < 1.29 is 19.1 Å². The number of aryl methyl sites for hydroxylation is 1. The molecule has 0 bridgehead atoms. The molecule has 0 spiro atoms. The van der Waals surface area contributed by atoms with Crippen LogP contribution in [0.25, 0.3) is 0 Å². The van der Waals surface area contributed by atoms with E-state index in [0.717, 1.165) is 5.76 Å². The quantitative estimate of drug-likeness (QED) is 0.903. The van der Waals surface area contributed by atoms with Gasteiger partial charge in [0.2, 0.25) is 5.91 Å². The number of carboxylic acids is 1. The Morgan fingerprint density at radius 2 is 2.09 bits per heavy atom. The zero-order chi connectivity index (χ0) is 16.3. The number of carboxylic acid groups (broad SMARTS) is 1. The molecule has 0 atom stereocenters. The van der Waals surface area contributed by atoms with E-state index in [9.17, 15) is 14.7 Å². The molecule has 0 radical (unpaired) electrons. The van der Waals surface area contributed by atoms with Gasteiger partial charge in [0.15, 0.2) is 5.54 Å². The first kappa shape index (κ1) is 15.3. The maximum Gasteiger partial charge on any atom is 0.331 e. The lowest BCUT2D eigenvalue weighted by atomic mass is 9.87. The van der Waals surface area contributed by atoms with Gasteiger partial charge in [0, 0.05) is 51.2 Å². The van der Waals surface area contributed by atoms with Crippen molar-refractivity contribution in [2.45, 2.75) is 31.2 Å². The number of furan rings is 1. The number of aliphatic carboxylic acids is 1. The second-order valence-corrected chi connectivity index (χ2v) is 5.75. The Morgan fingerprint density at radius 3 is 2.65 bits per heavy atom. The molecule has 1 fully saturated rings. The van der Waals surface area contributed by atoms with Crippen molar-refractivity contribution in [3.63, 3.8) is 0 Å². The third kappa shape index (κ3) is 2.99. The number of piperidine rings is 1. The Bertz CT molecular complexity index is 656. The van der Waals surface area contributed by atoms with Crippen LogP contribution in [0.5, 0.6) is 0 Å². The molecule has 1 amide bonds. The van der Waals surface area contributed by atoms with Gasteiger partial charge in [-0.3, -0.25) is 9.48 Å². The smallest absolute Gasteiger partial charge is 0.331 e. The monoisotopic (exact) mass is 317 g/mol. The summed E-state index contributed by atoms with van der Waals surface area (Å²) in [4.78, 5) is 25.8. The molecule has 2 aromatic rings. The molecule has 1 aliphatic heterocycles. The number of likely N-dealkylation sites (tertiary alicyclic amines) is 1. The van der Waals surface area contributed by atoms with Gasteiger partial charge in [-0.1, -0.05) is 0 Å². The maximum absolute atomic E-state index is 12.3. The van der Waals surface area contributed by atoms with E-state index in [0.29, 0.717) is 38.8 Å². The van der Waals surface area contributed by atoms with E-state index >= 15 is 0 Å². The molecule has 7 nitrogen and oxygen atoms in total. The molecule has 1 N–H and O–H groups in total. The summed E-state index contributed by atoms with van der Waals surface area (Å²) in [5.74, 6) is -0.0866. The lowest BCUT2D eigenvalue weighted by molar-refractivity contribution is -0.153. The van der Waals surface area contributed by atoms with Gasteiger partial charge in [-0.2, -0.15) is 5.10 Å². The third-order valence-electron chi connectivity index (χ3n) is 4.45. The molecule has 122 valence electrons. The Morgan fingerprint density at radius 1 is 1.30 bits per heavy atom. The van der Waals surface area contributed by atoms with Gasteiger partial charge < -0.3 is 14.4 Å². The molecule has 0 saturated carbocycles. The Kier molecular flexibility index (Phi) is 4.18. The maximum atomic E-state index is 12.3. The number of carbonyl (C=O) groups is 2. The largest absolute Gasteiger partial charge is 0.479 e. The van der Waals surface area contributed by atoms with Crippen LogP contribution in [0.15, 0.2) is 41.3 Å². The Balaban J connectivity index is 1.60. The highest BCUT2D eigenvalue weighted by Gasteiger charge is 2.44. The second-order valence-electron chi connectivity index (χ2n) is 5.75. The molecular weight excluding hydrogens is 298 g/mol. The first-order chi connectivity index (χ1) is 11.1. The second kappa shape index (κ2) is 6.28. The topological polar surface area (TPSA) is 88.6 Å². The highest BCUT2D eigenvalue weighted by atomic mass is 16.4. The molecule has 7 heteroatoms. The van der Waals surface area contributed by atoms with Crippen LogP contribution in [0.3, 0.4) is 0 Å². The number of hydrogen-bond acceptors (Lipinski definition) is 4. The molecule has 23 heavy (non-hydrogen) atoms. The van der Waals surface area contributed by atoms with Crippen LogP contribution >= 0.6 is 0 Å². The lowest BCUT2D eigenvalue weighted by Gasteiger charge is -2.39. The van der Waals surface area contributed by atoms with Gasteiger partial charge >= 0.3 is 5.97 Å². The number of carbonyl (C=O) groups excluding carboxylic acids is 1. The van der Waals surface area contributed by atoms with Crippen molar-refractivity contribution in [3.05, 3.63) is 42.6 Å². The minimum absolute atomic E-state index is 0.0286. The molecular formula is C16H19N3O4. The van der Waals surface area contributed by atoms with Crippen molar-refractivity contribution in [2.75, 3.05) is 13.1 Å². The highest BCUT2D eigenvalue weighted by molar-refractivity contribution is 5.79. The number of amides is 1. The lowest BCUT2D eigenvalue weighted by Crippen LogP contribution is -2.52. The summed E-state index contributed by atoms with van der Waals surface area (Å²) in [6.45, 7) is 0.840. The summed E-state index contributed by atoms with van der Waals surface area (Å²) in [5, 5.41) is 13.7. The van der Waals surface area contributed by atoms with Crippen molar-refractivity contribution in [3.8, 4) is 0 Å². The van der Waals surface area contributed by atoms with Crippen molar-refractivity contribution >= 4 is 11.9 Å². The van der Waals surface area contributed by atoms with Crippen molar-refractivity contribution in [1.82, 2.24) is 14.7 Å². The first-order valence-electron chi connectivity index (χ1n) is 7.65. The van der Waals surface area contributed by atoms with Gasteiger partial charge in [0.05, 0.1) is 6.26 Å². The van der Waals surface area contributed by atoms with Crippen LogP contribution < -0.4 is 0 Å². The van der Waals surface area contributed by atoms with Gasteiger partial charge in [-0.25, -0.2) is 4.79 Å². The van der Waals surface area contributed by atoms with Crippen LogP contribution in [0, 0.1) is 0 Å². The highest BCUT2D eigenvalue weighted by Crippen LogP contribution is 2.30. The number of rotatable bonds is 5. The van der Waals surface area contributed by atoms with Crippen molar-refractivity contribution in [2.24, 2.45) is 0 Å². The van der Waals surface area contributed by atoms with Gasteiger partial charge in [0.25, 0.3) is 0 Å². The Hall–Kier alpha value is -2.57. The summed E-state index contributed by atoms with van der Waals surface area (Å²) >= 11 is 0. The minimum atomic E-state index is -1.05. The van der Waals surface area contributed by atoms with Gasteiger partial charge in [0.1, 0.15) is 5.76 Å².